The summed E-state index contributed by atoms with van der Waals surface area (Å²) in [6, 6.07) is 0. The fourth-order valence-electron chi connectivity index (χ4n) is 0.571. The van der Waals surface area contributed by atoms with Gasteiger partial charge in [-0.25, -0.2) is 0 Å². The summed E-state index contributed by atoms with van der Waals surface area (Å²) in [7, 11) is 0. The lowest BCUT2D eigenvalue weighted by Gasteiger charge is -2.21. The highest BCUT2D eigenvalue weighted by Gasteiger charge is 2.19. The number of ether oxygens (including phenoxy) is 1. The normalized spacial score (nSPS) is 10.7. The van der Waals surface area contributed by atoms with Gasteiger partial charge in [-0.15, -0.1) is 0 Å². The minimum atomic E-state index is -0.479. The Balaban J connectivity index is 3.85. The summed E-state index contributed by atoms with van der Waals surface area (Å²) in [6.45, 7) is 8.56. The summed E-state index contributed by atoms with van der Waals surface area (Å²) in [6.07, 6.45) is 0. The molecule has 10 heavy (non-hydrogen) atoms. The van der Waals surface area contributed by atoms with Gasteiger partial charge in [0.25, 0.3) is 0 Å². The van der Waals surface area contributed by atoms with Crippen LogP contribution in [0.15, 0.2) is 12.0 Å². The lowest BCUT2D eigenvalue weighted by Crippen LogP contribution is -2.21. The molecular weight excluding hydrogens is 148 g/mol. The zero-order valence-corrected chi connectivity index (χ0v) is 7.33. The van der Waals surface area contributed by atoms with Crippen LogP contribution in [0.25, 0.3) is 0 Å². The van der Waals surface area contributed by atoms with Crippen LogP contribution < -0.4 is 0 Å². The van der Waals surface area contributed by atoms with E-state index in [9.17, 15) is 4.79 Å². The summed E-state index contributed by atoms with van der Waals surface area (Å²) in [5, 5.41) is 1.66. The van der Waals surface area contributed by atoms with Crippen LogP contribution in [0, 0.1) is 0 Å². The molecule has 0 aromatic heterocycles. The molecule has 2 nitrogen and oxygen atoms in total. The van der Waals surface area contributed by atoms with Gasteiger partial charge in [0.2, 0.25) is 0 Å². The molecule has 0 aromatic rings. The molecule has 0 saturated heterocycles. The quantitative estimate of drug-likeness (QED) is 0.467. The molecule has 0 aliphatic carbocycles. The van der Waals surface area contributed by atoms with E-state index in [2.05, 4.69) is 6.58 Å². The third-order valence-corrected chi connectivity index (χ3v) is 1.57. The van der Waals surface area contributed by atoms with E-state index < -0.39 is 4.93 Å². The standard InChI is InChI=1S/C7H12O2S/c1-5-10-7(3,4)9-6(2)8/h5H,1H2,2-4H3. The van der Waals surface area contributed by atoms with Crippen LogP contribution >= 0.6 is 11.8 Å². The Bertz CT molecular complexity index is 141. The first-order valence-electron chi connectivity index (χ1n) is 2.96. The smallest absolute Gasteiger partial charge is 0.304 e. The molecular formula is C7H12O2S. The van der Waals surface area contributed by atoms with Gasteiger partial charge >= 0.3 is 5.97 Å². The first kappa shape index (κ1) is 9.56. The maximum absolute atomic E-state index is 10.5. The SMILES string of the molecule is C=CSC(C)(C)OC(C)=O. The highest BCUT2D eigenvalue weighted by molar-refractivity contribution is 8.03. The van der Waals surface area contributed by atoms with Crippen molar-refractivity contribution in [3.8, 4) is 0 Å². The molecule has 0 amide bonds. The fourth-order valence-corrected chi connectivity index (χ4v) is 1.14. The molecule has 0 saturated carbocycles. The second-order valence-corrected chi connectivity index (χ2v) is 3.83. The van der Waals surface area contributed by atoms with Crippen LogP contribution in [0.2, 0.25) is 0 Å². The molecule has 58 valence electrons. The van der Waals surface area contributed by atoms with Gasteiger partial charge < -0.3 is 4.74 Å². The van der Waals surface area contributed by atoms with Crippen LogP contribution in [0.3, 0.4) is 0 Å². The van der Waals surface area contributed by atoms with Crippen molar-refractivity contribution in [2.75, 3.05) is 0 Å². The van der Waals surface area contributed by atoms with Gasteiger partial charge in [-0.3, -0.25) is 4.79 Å². The van der Waals surface area contributed by atoms with E-state index in [1.54, 1.807) is 5.41 Å². The lowest BCUT2D eigenvalue weighted by molar-refractivity contribution is -0.146. The lowest BCUT2D eigenvalue weighted by atomic mass is 10.5. The van der Waals surface area contributed by atoms with Crippen molar-refractivity contribution in [2.24, 2.45) is 0 Å². The zero-order valence-electron chi connectivity index (χ0n) is 6.51. The first-order chi connectivity index (χ1) is 4.48. The number of thioether (sulfide) groups is 1. The maximum atomic E-state index is 10.5. The van der Waals surface area contributed by atoms with Crippen molar-refractivity contribution in [3.05, 3.63) is 12.0 Å². The van der Waals surface area contributed by atoms with E-state index in [-0.39, 0.29) is 5.97 Å². The van der Waals surface area contributed by atoms with Gasteiger partial charge in [0.15, 0.2) is 4.93 Å². The summed E-state index contributed by atoms with van der Waals surface area (Å²) in [5.41, 5.74) is 0. The van der Waals surface area contributed by atoms with E-state index in [0.717, 1.165) is 0 Å². The minimum absolute atomic E-state index is 0.264. The Kier molecular flexibility index (Phi) is 3.50. The monoisotopic (exact) mass is 160 g/mol. The Labute approximate surface area is 65.6 Å². The largest absolute Gasteiger partial charge is 0.448 e. The highest BCUT2D eigenvalue weighted by atomic mass is 32.2. The maximum Gasteiger partial charge on any atom is 0.304 e. The van der Waals surface area contributed by atoms with Crippen molar-refractivity contribution in [3.63, 3.8) is 0 Å². The fraction of sp³-hybridized carbons (Fsp3) is 0.571. The van der Waals surface area contributed by atoms with Gasteiger partial charge in [-0.2, -0.15) is 0 Å². The second kappa shape index (κ2) is 3.66. The Morgan fingerprint density at radius 3 is 2.50 bits per heavy atom. The van der Waals surface area contributed by atoms with Crippen LogP contribution in [-0.4, -0.2) is 10.9 Å². The molecule has 0 aromatic carbocycles. The average Bonchev–Trinajstić information content (AvgIpc) is 1.59. The number of hydrogen-bond donors (Lipinski definition) is 0. The van der Waals surface area contributed by atoms with Crippen molar-refractivity contribution in [2.45, 2.75) is 25.7 Å². The molecule has 0 heterocycles. The average molecular weight is 160 g/mol. The number of carbonyl (C=O) groups excluding carboxylic acids is 1. The predicted octanol–water partition coefficient (Wildman–Crippen LogP) is 2.16. The first-order valence-corrected chi connectivity index (χ1v) is 3.84. The molecule has 0 aliphatic heterocycles. The van der Waals surface area contributed by atoms with Gasteiger partial charge in [-0.05, 0) is 19.3 Å². The predicted molar refractivity (Wildman–Crippen MR) is 43.6 cm³/mol. The van der Waals surface area contributed by atoms with Gasteiger partial charge in [0.1, 0.15) is 0 Å². The summed E-state index contributed by atoms with van der Waals surface area (Å²) in [4.78, 5) is 9.99. The van der Waals surface area contributed by atoms with Crippen LogP contribution in [0.1, 0.15) is 20.8 Å². The van der Waals surface area contributed by atoms with Crippen molar-refractivity contribution in [1.29, 1.82) is 0 Å². The zero-order chi connectivity index (χ0) is 8.20. The van der Waals surface area contributed by atoms with E-state index in [4.69, 9.17) is 4.74 Å². The molecule has 0 aliphatic rings. The van der Waals surface area contributed by atoms with E-state index in [1.165, 1.54) is 18.7 Å². The topological polar surface area (TPSA) is 26.3 Å². The van der Waals surface area contributed by atoms with Crippen LogP contribution in [0.5, 0.6) is 0 Å². The molecule has 0 spiro atoms. The van der Waals surface area contributed by atoms with Crippen molar-refractivity contribution in [1.82, 2.24) is 0 Å². The second-order valence-electron chi connectivity index (χ2n) is 2.28. The molecule has 0 N–H and O–H groups in total. The third kappa shape index (κ3) is 4.44. The molecule has 0 unspecified atom stereocenters. The number of hydrogen-bond acceptors (Lipinski definition) is 3. The van der Waals surface area contributed by atoms with E-state index in [1.807, 2.05) is 13.8 Å². The number of carbonyl (C=O) groups is 1. The van der Waals surface area contributed by atoms with Crippen LogP contribution in [-0.2, 0) is 9.53 Å². The van der Waals surface area contributed by atoms with Gasteiger partial charge in [0.05, 0.1) is 0 Å². The van der Waals surface area contributed by atoms with Gasteiger partial charge in [0, 0.05) is 6.92 Å². The Hall–Kier alpha value is -0.440. The molecule has 0 rings (SSSR count). The molecule has 0 atom stereocenters. The Morgan fingerprint density at radius 1 is 1.70 bits per heavy atom. The number of rotatable bonds is 3. The molecule has 0 bridgehead atoms. The van der Waals surface area contributed by atoms with E-state index in [0.29, 0.717) is 0 Å². The molecule has 0 fully saturated rings. The molecule has 0 radical (unpaired) electrons. The highest BCUT2D eigenvalue weighted by Crippen LogP contribution is 2.25. The third-order valence-electron chi connectivity index (χ3n) is 0.757. The van der Waals surface area contributed by atoms with Crippen LogP contribution in [0.4, 0.5) is 0 Å². The molecule has 3 heteroatoms. The number of esters is 1. The van der Waals surface area contributed by atoms with Crippen molar-refractivity contribution >= 4 is 17.7 Å². The van der Waals surface area contributed by atoms with Gasteiger partial charge in [-0.1, -0.05) is 18.3 Å². The summed E-state index contributed by atoms with van der Waals surface area (Å²) in [5.74, 6) is -0.264. The summed E-state index contributed by atoms with van der Waals surface area (Å²) < 4.78 is 4.93. The van der Waals surface area contributed by atoms with E-state index >= 15 is 0 Å². The summed E-state index contributed by atoms with van der Waals surface area (Å²) >= 11 is 1.38. The Morgan fingerprint density at radius 2 is 2.20 bits per heavy atom. The van der Waals surface area contributed by atoms with Crippen molar-refractivity contribution < 1.29 is 9.53 Å². The minimum Gasteiger partial charge on any atom is -0.448 e.